The van der Waals surface area contributed by atoms with Crippen LogP contribution in [0.15, 0.2) is 72.8 Å². The minimum absolute atomic E-state index is 0.183. The van der Waals surface area contributed by atoms with E-state index >= 15 is 0 Å². The van der Waals surface area contributed by atoms with Crippen molar-refractivity contribution in [1.82, 2.24) is 5.32 Å². The topological polar surface area (TPSA) is 76.7 Å². The number of benzene rings is 3. The van der Waals surface area contributed by atoms with E-state index < -0.39 is 6.10 Å². The van der Waals surface area contributed by atoms with Gasteiger partial charge in [0.15, 0.2) is 6.10 Å². The number of ether oxygens (including phenoxy) is 2. The summed E-state index contributed by atoms with van der Waals surface area (Å²) < 4.78 is 10.8. The van der Waals surface area contributed by atoms with Crippen LogP contribution in [0, 0.1) is 0 Å². The molecule has 0 bridgehead atoms. The fraction of sp³-hybridized carbons (Fsp3) is 0.167. The molecule has 0 fully saturated rings. The van der Waals surface area contributed by atoms with Gasteiger partial charge in [0.25, 0.3) is 11.8 Å². The van der Waals surface area contributed by atoms with Crippen molar-refractivity contribution in [3.8, 4) is 11.5 Å². The van der Waals surface area contributed by atoms with Gasteiger partial charge in [-0.25, -0.2) is 0 Å². The molecule has 3 rings (SSSR count). The van der Waals surface area contributed by atoms with Crippen LogP contribution in [0.5, 0.6) is 11.5 Å². The van der Waals surface area contributed by atoms with Crippen LogP contribution < -0.4 is 20.1 Å². The number of carbonyl (C=O) groups is 2. The van der Waals surface area contributed by atoms with Crippen molar-refractivity contribution >= 4 is 29.1 Å². The number of rotatable bonds is 8. The second-order valence-corrected chi connectivity index (χ2v) is 7.20. The van der Waals surface area contributed by atoms with Crippen molar-refractivity contribution in [2.24, 2.45) is 0 Å². The quantitative estimate of drug-likeness (QED) is 0.535. The van der Waals surface area contributed by atoms with Crippen molar-refractivity contribution in [3.05, 3.63) is 88.9 Å². The van der Waals surface area contributed by atoms with Crippen LogP contribution in [-0.2, 0) is 11.3 Å². The Hall–Kier alpha value is -3.51. The molecule has 0 radical (unpaired) electrons. The fourth-order valence-corrected chi connectivity index (χ4v) is 3.07. The van der Waals surface area contributed by atoms with Crippen molar-refractivity contribution < 1.29 is 19.1 Å². The summed E-state index contributed by atoms with van der Waals surface area (Å²) in [7, 11) is 1.52. The predicted molar refractivity (Wildman–Crippen MR) is 121 cm³/mol. The van der Waals surface area contributed by atoms with Gasteiger partial charge in [0, 0.05) is 17.8 Å². The third-order valence-corrected chi connectivity index (χ3v) is 4.81. The van der Waals surface area contributed by atoms with Crippen LogP contribution in [0.3, 0.4) is 0 Å². The van der Waals surface area contributed by atoms with Crippen LogP contribution in [0.25, 0.3) is 0 Å². The molecule has 2 N–H and O–H groups in total. The number of methoxy groups -OCH3 is 1. The van der Waals surface area contributed by atoms with Gasteiger partial charge in [-0.15, -0.1) is 0 Å². The molecule has 0 heterocycles. The highest BCUT2D eigenvalue weighted by Crippen LogP contribution is 2.27. The van der Waals surface area contributed by atoms with Crippen LogP contribution in [0.1, 0.15) is 22.8 Å². The maximum atomic E-state index is 12.4. The van der Waals surface area contributed by atoms with Gasteiger partial charge < -0.3 is 20.1 Å². The minimum Gasteiger partial charge on any atom is -0.495 e. The summed E-state index contributed by atoms with van der Waals surface area (Å²) in [6.07, 6.45) is -0.751. The Bertz CT molecular complexity index is 1040. The normalized spacial score (nSPS) is 11.3. The van der Waals surface area contributed by atoms with Crippen LogP contribution in [-0.4, -0.2) is 25.0 Å². The SMILES string of the molecule is COc1ccc(NC(=O)C(C)Oc2ccc(C(=O)NCc3ccccc3)cc2)cc1Cl. The van der Waals surface area contributed by atoms with Gasteiger partial charge >= 0.3 is 0 Å². The van der Waals surface area contributed by atoms with E-state index in [0.29, 0.717) is 34.3 Å². The molecule has 6 nitrogen and oxygen atoms in total. The Balaban J connectivity index is 1.53. The molecule has 160 valence electrons. The zero-order valence-corrected chi connectivity index (χ0v) is 18.0. The molecule has 0 aliphatic carbocycles. The molecule has 0 spiro atoms. The molecule has 0 saturated carbocycles. The van der Waals surface area contributed by atoms with Gasteiger partial charge in [0.05, 0.1) is 12.1 Å². The lowest BCUT2D eigenvalue weighted by atomic mass is 10.2. The van der Waals surface area contributed by atoms with Gasteiger partial charge in [-0.3, -0.25) is 9.59 Å². The van der Waals surface area contributed by atoms with E-state index in [1.165, 1.54) is 7.11 Å². The molecular weight excluding hydrogens is 416 g/mol. The smallest absolute Gasteiger partial charge is 0.265 e. The van der Waals surface area contributed by atoms with Gasteiger partial charge in [0.1, 0.15) is 11.5 Å². The van der Waals surface area contributed by atoms with Crippen molar-refractivity contribution in [2.75, 3.05) is 12.4 Å². The molecule has 7 heteroatoms. The standard InChI is InChI=1S/C24H23ClN2O4/c1-16(23(28)27-19-10-13-22(30-2)21(25)14-19)31-20-11-8-18(9-12-20)24(29)26-15-17-6-4-3-5-7-17/h3-14,16H,15H2,1-2H3,(H,26,29)(H,27,28). The Morgan fingerprint density at radius 3 is 2.35 bits per heavy atom. The first kappa shape index (κ1) is 22.2. The second-order valence-electron chi connectivity index (χ2n) is 6.79. The van der Waals surface area contributed by atoms with Gasteiger partial charge in [-0.05, 0) is 55.0 Å². The molecular formula is C24H23ClN2O4. The average Bonchev–Trinajstić information content (AvgIpc) is 2.78. The summed E-state index contributed by atoms with van der Waals surface area (Å²) in [5.74, 6) is 0.496. The first-order valence-corrected chi connectivity index (χ1v) is 10.1. The third-order valence-electron chi connectivity index (χ3n) is 4.51. The van der Waals surface area contributed by atoms with Crippen LogP contribution in [0.2, 0.25) is 5.02 Å². The second kappa shape index (κ2) is 10.5. The zero-order chi connectivity index (χ0) is 22.2. The summed E-state index contributed by atoms with van der Waals surface area (Å²) in [5, 5.41) is 6.02. The van der Waals surface area contributed by atoms with Crippen molar-refractivity contribution in [1.29, 1.82) is 0 Å². The van der Waals surface area contributed by atoms with Gasteiger partial charge in [-0.1, -0.05) is 41.9 Å². The maximum absolute atomic E-state index is 12.4. The number of amides is 2. The Morgan fingerprint density at radius 1 is 1.00 bits per heavy atom. The van der Waals surface area contributed by atoms with Gasteiger partial charge in [0.2, 0.25) is 0 Å². The van der Waals surface area contributed by atoms with Crippen molar-refractivity contribution in [2.45, 2.75) is 19.6 Å². The fourth-order valence-electron chi connectivity index (χ4n) is 2.81. The first-order valence-electron chi connectivity index (χ1n) is 9.69. The van der Waals surface area contributed by atoms with E-state index in [1.807, 2.05) is 30.3 Å². The van der Waals surface area contributed by atoms with E-state index in [2.05, 4.69) is 10.6 Å². The summed E-state index contributed by atoms with van der Waals surface area (Å²) >= 11 is 6.08. The average molecular weight is 439 g/mol. The van der Waals surface area contributed by atoms with E-state index in [0.717, 1.165) is 5.56 Å². The number of carbonyl (C=O) groups excluding carboxylic acids is 2. The molecule has 0 aliphatic rings. The lowest BCUT2D eigenvalue weighted by Gasteiger charge is -2.15. The van der Waals surface area contributed by atoms with Crippen molar-refractivity contribution in [3.63, 3.8) is 0 Å². The lowest BCUT2D eigenvalue weighted by molar-refractivity contribution is -0.122. The maximum Gasteiger partial charge on any atom is 0.265 e. The van der Waals surface area contributed by atoms with Gasteiger partial charge in [-0.2, -0.15) is 0 Å². The highest BCUT2D eigenvalue weighted by molar-refractivity contribution is 6.32. The summed E-state index contributed by atoms with van der Waals surface area (Å²) in [6.45, 7) is 2.09. The zero-order valence-electron chi connectivity index (χ0n) is 17.2. The molecule has 0 aliphatic heterocycles. The highest BCUT2D eigenvalue weighted by atomic mass is 35.5. The summed E-state index contributed by atoms with van der Waals surface area (Å²) in [4.78, 5) is 24.7. The monoisotopic (exact) mass is 438 g/mol. The molecule has 3 aromatic carbocycles. The Morgan fingerprint density at radius 2 is 1.71 bits per heavy atom. The molecule has 2 amide bonds. The predicted octanol–water partition coefficient (Wildman–Crippen LogP) is 4.68. The summed E-state index contributed by atoms with van der Waals surface area (Å²) in [5.41, 5.74) is 2.07. The largest absolute Gasteiger partial charge is 0.495 e. The minimum atomic E-state index is -0.751. The number of hydrogen-bond acceptors (Lipinski definition) is 4. The number of hydrogen-bond donors (Lipinski definition) is 2. The van der Waals surface area contributed by atoms with E-state index in [1.54, 1.807) is 49.4 Å². The molecule has 0 aromatic heterocycles. The Kier molecular flexibility index (Phi) is 7.51. The number of halogens is 1. The summed E-state index contributed by atoms with van der Waals surface area (Å²) in [6, 6.07) is 21.3. The van der Waals surface area contributed by atoms with Crippen LogP contribution >= 0.6 is 11.6 Å². The Labute approximate surface area is 186 Å². The number of nitrogens with one attached hydrogen (secondary N) is 2. The van der Waals surface area contributed by atoms with E-state index in [4.69, 9.17) is 21.1 Å². The number of anilines is 1. The highest BCUT2D eigenvalue weighted by Gasteiger charge is 2.16. The van der Waals surface area contributed by atoms with Crippen LogP contribution in [0.4, 0.5) is 5.69 Å². The molecule has 3 aromatic rings. The molecule has 0 saturated heterocycles. The molecule has 1 atom stereocenters. The molecule has 1 unspecified atom stereocenters. The third kappa shape index (κ3) is 6.23. The first-order chi connectivity index (χ1) is 15.0. The lowest BCUT2D eigenvalue weighted by Crippen LogP contribution is -2.30. The van der Waals surface area contributed by atoms with E-state index in [9.17, 15) is 9.59 Å². The molecule has 31 heavy (non-hydrogen) atoms. The van der Waals surface area contributed by atoms with E-state index in [-0.39, 0.29) is 11.8 Å².